The van der Waals surface area contributed by atoms with Gasteiger partial charge in [0.05, 0.1) is 18.3 Å². The second-order valence-corrected chi connectivity index (χ2v) is 6.84. The maximum atomic E-state index is 12.5. The first-order chi connectivity index (χ1) is 13.0. The van der Waals surface area contributed by atoms with E-state index in [1.807, 2.05) is 0 Å². The van der Waals surface area contributed by atoms with Crippen molar-refractivity contribution in [2.24, 2.45) is 0 Å². The highest BCUT2D eigenvalue weighted by Crippen LogP contribution is 2.23. The zero-order valence-corrected chi connectivity index (χ0v) is 15.4. The van der Waals surface area contributed by atoms with Gasteiger partial charge in [0.2, 0.25) is 0 Å². The van der Waals surface area contributed by atoms with Crippen LogP contribution >= 0.6 is 0 Å². The molecule has 1 aromatic carbocycles. The Morgan fingerprint density at radius 3 is 2.78 bits per heavy atom. The van der Waals surface area contributed by atoms with Crippen molar-refractivity contribution < 1.29 is 19.4 Å². The number of benzene rings is 1. The van der Waals surface area contributed by atoms with Crippen LogP contribution in [0.25, 0.3) is 0 Å². The first-order valence-electron chi connectivity index (χ1n) is 9.09. The number of ether oxygens (including phenoxy) is 1. The Balaban J connectivity index is 1.59. The Morgan fingerprint density at radius 2 is 2.04 bits per heavy atom. The lowest BCUT2D eigenvalue weighted by Crippen LogP contribution is -2.44. The third-order valence-electron chi connectivity index (χ3n) is 4.96. The molecule has 0 spiro atoms. The molecule has 0 saturated carbocycles. The van der Waals surface area contributed by atoms with E-state index in [2.05, 4.69) is 10.3 Å². The van der Waals surface area contributed by atoms with Gasteiger partial charge in [-0.3, -0.25) is 9.59 Å². The molecule has 1 atom stereocenters. The van der Waals surface area contributed by atoms with Gasteiger partial charge in [-0.05, 0) is 43.5 Å². The van der Waals surface area contributed by atoms with Gasteiger partial charge >= 0.3 is 0 Å². The quantitative estimate of drug-likeness (QED) is 0.747. The molecule has 1 saturated heterocycles. The number of para-hydroxylation sites is 1. The summed E-state index contributed by atoms with van der Waals surface area (Å²) in [6.45, 7) is 1.16. The number of aliphatic hydroxyl groups is 1. The Hall–Kier alpha value is -2.80. The van der Waals surface area contributed by atoms with Crippen LogP contribution in [0.3, 0.4) is 0 Å². The van der Waals surface area contributed by atoms with Crippen LogP contribution in [0, 0.1) is 0 Å². The topological polar surface area (TPSA) is 94.7 Å². The number of nitrogens with zero attached hydrogens (tertiary/aromatic N) is 1. The number of aromatic amines is 1. The van der Waals surface area contributed by atoms with Crippen LogP contribution < -0.4 is 10.1 Å². The molecule has 0 bridgehead atoms. The monoisotopic (exact) mass is 371 g/mol. The SMILES string of the molecule is COc1ccccc1C(=O)NCC1(O)CCCN(C(=O)c2ccc[nH]2)CC1. The molecule has 0 radical (unpaired) electrons. The third kappa shape index (κ3) is 4.49. The molecule has 2 heterocycles. The molecule has 27 heavy (non-hydrogen) atoms. The predicted molar refractivity (Wildman–Crippen MR) is 101 cm³/mol. The fraction of sp³-hybridized carbons (Fsp3) is 0.400. The molecule has 144 valence electrons. The Morgan fingerprint density at radius 1 is 1.22 bits per heavy atom. The van der Waals surface area contributed by atoms with Crippen LogP contribution in [0.5, 0.6) is 5.75 Å². The number of H-pyrrole nitrogens is 1. The number of carbonyl (C=O) groups is 2. The van der Waals surface area contributed by atoms with Crippen LogP contribution in [-0.2, 0) is 0 Å². The van der Waals surface area contributed by atoms with Crippen molar-refractivity contribution >= 4 is 11.8 Å². The second kappa shape index (κ2) is 8.26. The number of nitrogens with one attached hydrogen (secondary N) is 2. The second-order valence-electron chi connectivity index (χ2n) is 6.84. The van der Waals surface area contributed by atoms with Gasteiger partial charge in [0.1, 0.15) is 11.4 Å². The molecular weight excluding hydrogens is 346 g/mol. The van der Waals surface area contributed by atoms with Gasteiger partial charge in [-0.15, -0.1) is 0 Å². The molecule has 3 rings (SSSR count). The van der Waals surface area contributed by atoms with E-state index >= 15 is 0 Å². The summed E-state index contributed by atoms with van der Waals surface area (Å²) in [7, 11) is 1.51. The highest BCUT2D eigenvalue weighted by atomic mass is 16.5. The standard InChI is InChI=1S/C20H25N3O4/c1-27-17-8-3-2-6-15(17)18(24)22-14-20(26)9-5-12-23(13-10-20)19(25)16-7-4-11-21-16/h2-4,6-8,11,21,26H,5,9-10,12-14H2,1H3,(H,22,24). The Kier molecular flexibility index (Phi) is 5.81. The molecule has 1 fully saturated rings. The molecule has 3 N–H and O–H groups in total. The molecule has 1 aromatic heterocycles. The van der Waals surface area contributed by atoms with Gasteiger partial charge in [-0.25, -0.2) is 0 Å². The van der Waals surface area contributed by atoms with Crippen molar-refractivity contribution in [3.8, 4) is 5.75 Å². The van der Waals surface area contributed by atoms with E-state index in [0.717, 1.165) is 0 Å². The summed E-state index contributed by atoms with van der Waals surface area (Å²) >= 11 is 0. The first kappa shape index (κ1) is 19.0. The van der Waals surface area contributed by atoms with E-state index in [4.69, 9.17) is 4.74 Å². The third-order valence-corrected chi connectivity index (χ3v) is 4.96. The molecule has 7 heteroatoms. The highest BCUT2D eigenvalue weighted by molar-refractivity contribution is 5.97. The maximum Gasteiger partial charge on any atom is 0.270 e. The predicted octanol–water partition coefficient (Wildman–Crippen LogP) is 1.81. The van der Waals surface area contributed by atoms with Crippen LogP contribution in [-0.4, -0.2) is 59.1 Å². The zero-order valence-electron chi connectivity index (χ0n) is 15.4. The number of hydrogen-bond acceptors (Lipinski definition) is 4. The average Bonchev–Trinajstić information content (AvgIpc) is 3.16. The smallest absolute Gasteiger partial charge is 0.270 e. The van der Waals surface area contributed by atoms with E-state index in [1.54, 1.807) is 47.5 Å². The summed E-state index contributed by atoms with van der Waals surface area (Å²) < 4.78 is 5.21. The molecule has 1 aliphatic heterocycles. The molecule has 1 aliphatic rings. The fourth-order valence-electron chi connectivity index (χ4n) is 3.36. The van der Waals surface area contributed by atoms with E-state index in [1.165, 1.54) is 7.11 Å². The van der Waals surface area contributed by atoms with E-state index in [0.29, 0.717) is 49.4 Å². The van der Waals surface area contributed by atoms with Crippen LogP contribution in [0.2, 0.25) is 0 Å². The lowest BCUT2D eigenvalue weighted by Gasteiger charge is -2.27. The number of likely N-dealkylation sites (tertiary alicyclic amines) is 1. The van der Waals surface area contributed by atoms with Gasteiger partial charge in [0, 0.05) is 25.8 Å². The first-order valence-corrected chi connectivity index (χ1v) is 9.09. The minimum absolute atomic E-state index is 0.0673. The number of hydrogen-bond donors (Lipinski definition) is 3. The van der Waals surface area contributed by atoms with Gasteiger partial charge in [0.15, 0.2) is 0 Å². The van der Waals surface area contributed by atoms with Gasteiger partial charge in [-0.2, -0.15) is 0 Å². The molecule has 1 unspecified atom stereocenters. The molecular formula is C20H25N3O4. The molecule has 0 aliphatic carbocycles. The largest absolute Gasteiger partial charge is 0.496 e. The minimum atomic E-state index is -1.04. The summed E-state index contributed by atoms with van der Waals surface area (Å²) in [4.78, 5) is 29.6. The van der Waals surface area contributed by atoms with Crippen LogP contribution in [0.1, 0.15) is 40.1 Å². The van der Waals surface area contributed by atoms with E-state index in [-0.39, 0.29) is 18.4 Å². The molecule has 7 nitrogen and oxygen atoms in total. The maximum absolute atomic E-state index is 12.5. The van der Waals surface area contributed by atoms with E-state index in [9.17, 15) is 14.7 Å². The lowest BCUT2D eigenvalue weighted by molar-refractivity contribution is 0.0249. The molecule has 2 amide bonds. The van der Waals surface area contributed by atoms with Crippen LogP contribution in [0.4, 0.5) is 0 Å². The number of methoxy groups -OCH3 is 1. The van der Waals surface area contributed by atoms with Crippen molar-refractivity contribution in [3.05, 3.63) is 53.9 Å². The number of aromatic nitrogens is 1. The summed E-state index contributed by atoms with van der Waals surface area (Å²) in [5, 5.41) is 13.7. The van der Waals surface area contributed by atoms with Gasteiger partial charge in [-0.1, -0.05) is 12.1 Å². The number of amides is 2. The summed E-state index contributed by atoms with van der Waals surface area (Å²) in [6, 6.07) is 10.5. The van der Waals surface area contributed by atoms with Crippen molar-refractivity contribution in [2.75, 3.05) is 26.7 Å². The van der Waals surface area contributed by atoms with Crippen molar-refractivity contribution in [1.29, 1.82) is 0 Å². The Bertz CT molecular complexity index is 790. The average molecular weight is 371 g/mol. The number of carbonyl (C=O) groups excluding carboxylic acids is 2. The zero-order chi connectivity index (χ0) is 19.3. The van der Waals surface area contributed by atoms with E-state index < -0.39 is 5.60 Å². The molecule has 2 aromatic rings. The van der Waals surface area contributed by atoms with Crippen LogP contribution in [0.15, 0.2) is 42.6 Å². The normalized spacial score (nSPS) is 20.0. The van der Waals surface area contributed by atoms with Crippen molar-refractivity contribution in [2.45, 2.75) is 24.9 Å². The van der Waals surface area contributed by atoms with Gasteiger partial charge in [0.25, 0.3) is 11.8 Å². The lowest BCUT2D eigenvalue weighted by atomic mass is 9.94. The summed E-state index contributed by atoms with van der Waals surface area (Å²) in [5.74, 6) is 0.136. The fourth-order valence-corrected chi connectivity index (χ4v) is 3.36. The van der Waals surface area contributed by atoms with Gasteiger partial charge < -0.3 is 25.0 Å². The van der Waals surface area contributed by atoms with Crippen molar-refractivity contribution in [3.63, 3.8) is 0 Å². The van der Waals surface area contributed by atoms with Crippen molar-refractivity contribution in [1.82, 2.24) is 15.2 Å². The Labute approximate surface area is 158 Å². The summed E-state index contributed by atoms with van der Waals surface area (Å²) in [5.41, 5.74) is -0.0618. The minimum Gasteiger partial charge on any atom is -0.496 e. The summed E-state index contributed by atoms with van der Waals surface area (Å²) in [6.07, 6.45) is 3.32. The highest BCUT2D eigenvalue weighted by Gasteiger charge is 2.32. The number of rotatable bonds is 5.